The summed E-state index contributed by atoms with van der Waals surface area (Å²) in [5.74, 6) is 2.32. The summed E-state index contributed by atoms with van der Waals surface area (Å²) in [5, 5.41) is 6.87. The Kier molecular flexibility index (Phi) is 13.1. The van der Waals surface area contributed by atoms with E-state index in [1.54, 1.807) is 14.2 Å². The molecular weight excluding hydrogens is 537 g/mol. The Labute approximate surface area is 215 Å². The van der Waals surface area contributed by atoms with Gasteiger partial charge in [0.15, 0.2) is 17.5 Å². The molecule has 1 atom stereocenters. The maximum atomic E-state index is 5.58. The number of hydrogen-bond donors (Lipinski definition) is 2. The van der Waals surface area contributed by atoms with Gasteiger partial charge in [0.05, 0.1) is 53.2 Å². The Morgan fingerprint density at radius 2 is 1.67 bits per heavy atom. The van der Waals surface area contributed by atoms with Crippen LogP contribution < -0.4 is 20.1 Å². The van der Waals surface area contributed by atoms with Crippen LogP contribution in [-0.4, -0.2) is 109 Å². The molecular formula is C23H40IN5O4. The van der Waals surface area contributed by atoms with Crippen LogP contribution >= 0.6 is 24.0 Å². The molecule has 2 heterocycles. The maximum Gasteiger partial charge on any atom is 0.191 e. The summed E-state index contributed by atoms with van der Waals surface area (Å²) in [6.07, 6.45) is 0. The van der Waals surface area contributed by atoms with E-state index in [0.717, 1.165) is 95.3 Å². The van der Waals surface area contributed by atoms with E-state index in [-0.39, 0.29) is 30.0 Å². The minimum Gasteiger partial charge on any atom is -0.493 e. The van der Waals surface area contributed by atoms with Crippen LogP contribution in [0.3, 0.4) is 0 Å². The van der Waals surface area contributed by atoms with Gasteiger partial charge in [0.25, 0.3) is 0 Å². The average molecular weight is 578 g/mol. The Hall–Kier alpha value is -1.34. The molecule has 9 nitrogen and oxygen atoms in total. The molecule has 1 unspecified atom stereocenters. The van der Waals surface area contributed by atoms with E-state index in [9.17, 15) is 0 Å². The third-order valence-corrected chi connectivity index (χ3v) is 5.87. The SMILES string of the molecule is CCNC(=NCC(c1ccc(OC)c(OC)c1)N1CCOCC1)NCCN1CCOCC1.I. The van der Waals surface area contributed by atoms with Crippen molar-refractivity contribution in [3.05, 3.63) is 23.8 Å². The number of benzene rings is 1. The second-order valence-electron chi connectivity index (χ2n) is 7.88. The number of ether oxygens (including phenoxy) is 4. The molecule has 10 heteroatoms. The van der Waals surface area contributed by atoms with Gasteiger partial charge in [-0.2, -0.15) is 0 Å². The number of guanidine groups is 1. The van der Waals surface area contributed by atoms with Crippen LogP contribution in [0.2, 0.25) is 0 Å². The zero-order chi connectivity index (χ0) is 22.6. The standard InChI is InChI=1S/C23H39N5O4.HI/c1-4-24-23(25-7-8-27-9-13-31-14-10-27)26-18-20(28-11-15-32-16-12-28)19-5-6-21(29-2)22(17-19)30-3;/h5-6,17,20H,4,7-16,18H2,1-3H3,(H2,24,25,26);1H. The van der Waals surface area contributed by atoms with E-state index in [0.29, 0.717) is 6.54 Å². The van der Waals surface area contributed by atoms with Crippen LogP contribution in [0.25, 0.3) is 0 Å². The highest BCUT2D eigenvalue weighted by Gasteiger charge is 2.24. The first-order chi connectivity index (χ1) is 15.7. The van der Waals surface area contributed by atoms with Crippen LogP contribution in [0, 0.1) is 0 Å². The van der Waals surface area contributed by atoms with Crippen LogP contribution in [0.4, 0.5) is 0 Å². The Morgan fingerprint density at radius 1 is 1.00 bits per heavy atom. The number of nitrogens with one attached hydrogen (secondary N) is 2. The van der Waals surface area contributed by atoms with Gasteiger partial charge in [-0.05, 0) is 24.6 Å². The fourth-order valence-corrected chi connectivity index (χ4v) is 4.06. The van der Waals surface area contributed by atoms with Crippen LogP contribution in [0.15, 0.2) is 23.2 Å². The van der Waals surface area contributed by atoms with Gasteiger partial charge in [0, 0.05) is 45.8 Å². The minimum atomic E-state index is 0. The highest BCUT2D eigenvalue weighted by atomic mass is 127. The van der Waals surface area contributed by atoms with Crippen molar-refractivity contribution in [1.29, 1.82) is 0 Å². The van der Waals surface area contributed by atoms with Crippen molar-refractivity contribution in [3.63, 3.8) is 0 Å². The molecule has 2 aliphatic rings. The number of hydrogen-bond acceptors (Lipinski definition) is 7. The normalized spacial score (nSPS) is 18.8. The molecule has 3 rings (SSSR count). The Morgan fingerprint density at radius 3 is 2.30 bits per heavy atom. The molecule has 33 heavy (non-hydrogen) atoms. The first-order valence-electron chi connectivity index (χ1n) is 11.6. The molecule has 0 aliphatic carbocycles. The van der Waals surface area contributed by atoms with Gasteiger partial charge < -0.3 is 29.6 Å². The largest absolute Gasteiger partial charge is 0.493 e. The number of nitrogens with zero attached hydrogens (tertiary/aromatic N) is 3. The zero-order valence-corrected chi connectivity index (χ0v) is 22.5. The van der Waals surface area contributed by atoms with Crippen LogP contribution in [-0.2, 0) is 9.47 Å². The highest BCUT2D eigenvalue weighted by molar-refractivity contribution is 14.0. The van der Waals surface area contributed by atoms with Gasteiger partial charge in [-0.3, -0.25) is 14.8 Å². The van der Waals surface area contributed by atoms with Gasteiger partial charge in [-0.15, -0.1) is 24.0 Å². The number of rotatable bonds is 10. The summed E-state index contributed by atoms with van der Waals surface area (Å²) < 4.78 is 22.0. The summed E-state index contributed by atoms with van der Waals surface area (Å²) in [5.41, 5.74) is 1.16. The molecule has 0 saturated carbocycles. The van der Waals surface area contributed by atoms with E-state index in [1.807, 2.05) is 6.07 Å². The van der Waals surface area contributed by atoms with Crippen molar-refractivity contribution in [2.24, 2.45) is 4.99 Å². The fraction of sp³-hybridized carbons (Fsp3) is 0.696. The van der Waals surface area contributed by atoms with E-state index in [4.69, 9.17) is 23.9 Å². The smallest absolute Gasteiger partial charge is 0.191 e. The zero-order valence-electron chi connectivity index (χ0n) is 20.2. The van der Waals surface area contributed by atoms with Crippen molar-refractivity contribution in [3.8, 4) is 11.5 Å². The summed E-state index contributed by atoms with van der Waals surface area (Å²) in [6.45, 7) is 12.3. The van der Waals surface area contributed by atoms with E-state index in [1.165, 1.54) is 0 Å². The van der Waals surface area contributed by atoms with Crippen molar-refractivity contribution >= 4 is 29.9 Å². The molecule has 1 aromatic carbocycles. The molecule has 0 aromatic heterocycles. The van der Waals surface area contributed by atoms with E-state index >= 15 is 0 Å². The van der Waals surface area contributed by atoms with Crippen molar-refractivity contribution < 1.29 is 18.9 Å². The third kappa shape index (κ3) is 8.75. The Balaban J connectivity index is 0.00000385. The number of aliphatic imine (C=N–C) groups is 1. The second-order valence-corrected chi connectivity index (χ2v) is 7.88. The predicted octanol–water partition coefficient (Wildman–Crippen LogP) is 1.58. The molecule has 0 amide bonds. The van der Waals surface area contributed by atoms with Crippen LogP contribution in [0.5, 0.6) is 11.5 Å². The molecule has 1 aromatic rings. The quantitative estimate of drug-likeness (QED) is 0.247. The number of halogens is 1. The predicted molar refractivity (Wildman–Crippen MR) is 141 cm³/mol. The molecule has 2 fully saturated rings. The highest BCUT2D eigenvalue weighted by Crippen LogP contribution is 2.32. The lowest BCUT2D eigenvalue weighted by molar-refractivity contribution is 0.0179. The molecule has 0 spiro atoms. The fourth-order valence-electron chi connectivity index (χ4n) is 4.06. The van der Waals surface area contributed by atoms with Gasteiger partial charge in [0.2, 0.25) is 0 Å². The molecule has 2 saturated heterocycles. The summed E-state index contributed by atoms with van der Waals surface area (Å²) >= 11 is 0. The Bertz CT molecular complexity index is 712. The van der Waals surface area contributed by atoms with Gasteiger partial charge in [-0.25, -0.2) is 0 Å². The topological polar surface area (TPSA) is 79.8 Å². The van der Waals surface area contributed by atoms with Crippen LogP contribution in [0.1, 0.15) is 18.5 Å². The maximum absolute atomic E-state index is 5.58. The molecule has 188 valence electrons. The third-order valence-electron chi connectivity index (χ3n) is 5.87. The minimum absolute atomic E-state index is 0. The number of methoxy groups -OCH3 is 2. The van der Waals surface area contributed by atoms with E-state index in [2.05, 4.69) is 39.5 Å². The van der Waals surface area contributed by atoms with Crippen molar-refractivity contribution in [2.75, 3.05) is 93.0 Å². The lowest BCUT2D eigenvalue weighted by Gasteiger charge is -2.34. The second kappa shape index (κ2) is 15.5. The molecule has 2 N–H and O–H groups in total. The van der Waals surface area contributed by atoms with Gasteiger partial charge >= 0.3 is 0 Å². The summed E-state index contributed by atoms with van der Waals surface area (Å²) in [4.78, 5) is 9.80. The number of morpholine rings is 2. The first kappa shape index (κ1) is 27.9. The molecule has 0 bridgehead atoms. The van der Waals surface area contributed by atoms with E-state index < -0.39 is 0 Å². The monoisotopic (exact) mass is 577 g/mol. The summed E-state index contributed by atoms with van der Waals surface area (Å²) in [7, 11) is 3.33. The summed E-state index contributed by atoms with van der Waals surface area (Å²) in [6, 6.07) is 6.27. The average Bonchev–Trinajstić information content (AvgIpc) is 2.85. The van der Waals surface area contributed by atoms with Gasteiger partial charge in [-0.1, -0.05) is 6.07 Å². The van der Waals surface area contributed by atoms with Gasteiger partial charge in [0.1, 0.15) is 0 Å². The first-order valence-corrected chi connectivity index (χ1v) is 11.6. The lowest BCUT2D eigenvalue weighted by Crippen LogP contribution is -2.45. The lowest BCUT2D eigenvalue weighted by atomic mass is 10.0. The molecule has 0 radical (unpaired) electrons. The van der Waals surface area contributed by atoms with Crippen molar-refractivity contribution in [2.45, 2.75) is 13.0 Å². The molecule has 2 aliphatic heterocycles. The van der Waals surface area contributed by atoms with Crippen molar-refractivity contribution in [1.82, 2.24) is 20.4 Å².